The summed E-state index contributed by atoms with van der Waals surface area (Å²) in [5.41, 5.74) is 2.96. The van der Waals surface area contributed by atoms with Crippen molar-refractivity contribution in [3.63, 3.8) is 0 Å². The maximum atomic E-state index is 13.0. The standard InChI is InChI=1S/C23H24N2O3S/c1-17-10-7-8-15-22(17)18(2)24-23(26)19-11-9-14-21(16-19)29(27,28)25(3)20-12-5-4-6-13-20/h4-16,18H,1-3H3,(H,24,26)/t18-/m1/s1. The smallest absolute Gasteiger partial charge is 0.264 e. The lowest BCUT2D eigenvalue weighted by Gasteiger charge is -2.20. The third kappa shape index (κ3) is 4.49. The van der Waals surface area contributed by atoms with Crippen LogP contribution in [0.15, 0.2) is 83.8 Å². The number of benzene rings is 3. The van der Waals surface area contributed by atoms with Crippen LogP contribution in [0.4, 0.5) is 5.69 Å². The molecule has 0 heterocycles. The molecule has 0 aliphatic heterocycles. The van der Waals surface area contributed by atoms with Crippen LogP contribution in [0, 0.1) is 6.92 Å². The Labute approximate surface area is 172 Å². The third-order valence-corrected chi connectivity index (χ3v) is 6.66. The summed E-state index contributed by atoms with van der Waals surface area (Å²) >= 11 is 0. The molecule has 1 atom stereocenters. The van der Waals surface area contributed by atoms with Gasteiger partial charge in [-0.3, -0.25) is 9.10 Å². The van der Waals surface area contributed by atoms with Gasteiger partial charge < -0.3 is 5.32 Å². The largest absolute Gasteiger partial charge is 0.346 e. The summed E-state index contributed by atoms with van der Waals surface area (Å²) in [7, 11) is -2.28. The SMILES string of the molecule is Cc1ccccc1[C@@H](C)NC(=O)c1cccc(S(=O)(=O)N(C)c2ccccc2)c1. The van der Waals surface area contributed by atoms with Crippen molar-refractivity contribution in [2.24, 2.45) is 0 Å². The van der Waals surface area contributed by atoms with Gasteiger partial charge in [0.2, 0.25) is 0 Å². The molecule has 1 amide bonds. The molecular formula is C23H24N2O3S. The summed E-state index contributed by atoms with van der Waals surface area (Å²) in [4.78, 5) is 12.8. The van der Waals surface area contributed by atoms with Crippen LogP contribution in [0.1, 0.15) is 34.5 Å². The van der Waals surface area contributed by atoms with Gasteiger partial charge in [-0.1, -0.05) is 48.5 Å². The molecular weight excluding hydrogens is 384 g/mol. The number of carbonyl (C=O) groups is 1. The van der Waals surface area contributed by atoms with Crippen molar-refractivity contribution in [2.45, 2.75) is 24.8 Å². The topological polar surface area (TPSA) is 66.5 Å². The number of para-hydroxylation sites is 1. The van der Waals surface area contributed by atoms with Crippen LogP contribution in [0.5, 0.6) is 0 Å². The second-order valence-electron chi connectivity index (χ2n) is 6.89. The normalized spacial score (nSPS) is 12.2. The number of hydrogen-bond acceptors (Lipinski definition) is 3. The molecule has 0 bridgehead atoms. The zero-order chi connectivity index (χ0) is 21.0. The van der Waals surface area contributed by atoms with E-state index >= 15 is 0 Å². The quantitative estimate of drug-likeness (QED) is 0.661. The first-order chi connectivity index (χ1) is 13.8. The fraction of sp³-hybridized carbons (Fsp3) is 0.174. The molecule has 0 saturated heterocycles. The van der Waals surface area contributed by atoms with E-state index in [9.17, 15) is 13.2 Å². The number of nitrogens with zero attached hydrogens (tertiary/aromatic N) is 1. The van der Waals surface area contributed by atoms with Gasteiger partial charge in [0, 0.05) is 12.6 Å². The number of sulfonamides is 1. The zero-order valence-corrected chi connectivity index (χ0v) is 17.5. The van der Waals surface area contributed by atoms with Crippen LogP contribution in [-0.2, 0) is 10.0 Å². The first-order valence-electron chi connectivity index (χ1n) is 9.31. The lowest BCUT2D eigenvalue weighted by Crippen LogP contribution is -2.29. The highest BCUT2D eigenvalue weighted by Crippen LogP contribution is 2.23. The predicted octanol–water partition coefficient (Wildman–Crippen LogP) is 4.31. The molecule has 0 saturated carbocycles. The highest BCUT2D eigenvalue weighted by molar-refractivity contribution is 7.92. The lowest BCUT2D eigenvalue weighted by molar-refractivity contribution is 0.0939. The molecule has 6 heteroatoms. The monoisotopic (exact) mass is 408 g/mol. The van der Waals surface area contributed by atoms with E-state index in [0.717, 1.165) is 11.1 Å². The number of nitrogens with one attached hydrogen (secondary N) is 1. The minimum atomic E-state index is -3.78. The maximum absolute atomic E-state index is 13.0. The van der Waals surface area contributed by atoms with Crippen molar-refractivity contribution >= 4 is 21.6 Å². The third-order valence-electron chi connectivity index (χ3n) is 4.88. The van der Waals surface area contributed by atoms with Crippen molar-refractivity contribution in [1.29, 1.82) is 0 Å². The predicted molar refractivity (Wildman–Crippen MR) is 116 cm³/mol. The van der Waals surface area contributed by atoms with Gasteiger partial charge in [-0.15, -0.1) is 0 Å². The molecule has 3 rings (SSSR count). The Bertz CT molecular complexity index is 1110. The van der Waals surface area contributed by atoms with E-state index in [1.54, 1.807) is 36.4 Å². The van der Waals surface area contributed by atoms with Crippen molar-refractivity contribution in [1.82, 2.24) is 5.32 Å². The molecule has 1 N–H and O–H groups in total. The number of amides is 1. The molecule has 0 fully saturated rings. The minimum Gasteiger partial charge on any atom is -0.346 e. The first-order valence-corrected chi connectivity index (χ1v) is 10.7. The Morgan fingerprint density at radius 3 is 2.28 bits per heavy atom. The molecule has 0 radical (unpaired) electrons. The van der Waals surface area contributed by atoms with Crippen molar-refractivity contribution in [3.8, 4) is 0 Å². The molecule has 0 aromatic heterocycles. The summed E-state index contributed by atoms with van der Waals surface area (Å²) in [6, 6.07) is 22.6. The molecule has 150 valence electrons. The number of aryl methyl sites for hydroxylation is 1. The zero-order valence-electron chi connectivity index (χ0n) is 16.7. The Morgan fingerprint density at radius 1 is 0.931 bits per heavy atom. The number of hydrogen-bond donors (Lipinski definition) is 1. The van der Waals surface area contributed by atoms with E-state index in [0.29, 0.717) is 11.3 Å². The molecule has 0 aliphatic rings. The van der Waals surface area contributed by atoms with E-state index in [1.807, 2.05) is 44.2 Å². The second kappa shape index (κ2) is 8.49. The van der Waals surface area contributed by atoms with Crippen LogP contribution >= 0.6 is 0 Å². The van der Waals surface area contributed by atoms with Crippen molar-refractivity contribution in [3.05, 3.63) is 95.6 Å². The van der Waals surface area contributed by atoms with E-state index in [1.165, 1.54) is 23.5 Å². The van der Waals surface area contributed by atoms with E-state index in [4.69, 9.17) is 0 Å². The molecule has 3 aromatic carbocycles. The highest BCUT2D eigenvalue weighted by atomic mass is 32.2. The fourth-order valence-corrected chi connectivity index (χ4v) is 4.40. The Balaban J connectivity index is 1.83. The van der Waals surface area contributed by atoms with Gasteiger partial charge in [0.1, 0.15) is 0 Å². The van der Waals surface area contributed by atoms with Crippen molar-refractivity contribution < 1.29 is 13.2 Å². The van der Waals surface area contributed by atoms with Crippen LogP contribution in [-0.4, -0.2) is 21.4 Å². The molecule has 0 aliphatic carbocycles. The number of rotatable bonds is 6. The Kier molecular flexibility index (Phi) is 6.03. The van der Waals surface area contributed by atoms with E-state index < -0.39 is 10.0 Å². The molecule has 3 aromatic rings. The van der Waals surface area contributed by atoms with Crippen LogP contribution in [0.25, 0.3) is 0 Å². The van der Waals surface area contributed by atoms with Gasteiger partial charge in [0.25, 0.3) is 15.9 Å². The summed E-state index contributed by atoms with van der Waals surface area (Å²) in [5.74, 6) is -0.319. The summed E-state index contributed by atoms with van der Waals surface area (Å²) in [5, 5.41) is 2.95. The van der Waals surface area contributed by atoms with Crippen molar-refractivity contribution in [2.75, 3.05) is 11.4 Å². The first kappa shape index (κ1) is 20.6. The molecule has 29 heavy (non-hydrogen) atoms. The summed E-state index contributed by atoms with van der Waals surface area (Å²) < 4.78 is 27.2. The Morgan fingerprint density at radius 2 is 1.59 bits per heavy atom. The van der Waals surface area contributed by atoms with Crippen LogP contribution < -0.4 is 9.62 Å². The summed E-state index contributed by atoms with van der Waals surface area (Å²) in [6.45, 7) is 3.90. The van der Waals surface area contributed by atoms with Crippen LogP contribution in [0.3, 0.4) is 0 Å². The molecule has 5 nitrogen and oxygen atoms in total. The minimum absolute atomic E-state index is 0.0695. The molecule has 0 unspecified atom stereocenters. The molecule has 0 spiro atoms. The highest BCUT2D eigenvalue weighted by Gasteiger charge is 2.22. The lowest BCUT2D eigenvalue weighted by atomic mass is 10.0. The maximum Gasteiger partial charge on any atom is 0.264 e. The van der Waals surface area contributed by atoms with Gasteiger partial charge in [-0.2, -0.15) is 0 Å². The Hall–Kier alpha value is -3.12. The van der Waals surface area contributed by atoms with E-state index in [-0.39, 0.29) is 16.8 Å². The van der Waals surface area contributed by atoms with Gasteiger partial charge in [-0.05, 0) is 55.3 Å². The van der Waals surface area contributed by atoms with E-state index in [2.05, 4.69) is 5.32 Å². The fourth-order valence-electron chi connectivity index (χ4n) is 3.16. The van der Waals surface area contributed by atoms with Gasteiger partial charge in [0.05, 0.1) is 16.6 Å². The second-order valence-corrected chi connectivity index (χ2v) is 8.86. The number of carbonyl (C=O) groups excluding carboxylic acids is 1. The van der Waals surface area contributed by atoms with Gasteiger partial charge in [0.15, 0.2) is 0 Å². The number of anilines is 1. The average molecular weight is 409 g/mol. The van der Waals surface area contributed by atoms with Gasteiger partial charge in [-0.25, -0.2) is 8.42 Å². The van der Waals surface area contributed by atoms with Crippen LogP contribution in [0.2, 0.25) is 0 Å². The average Bonchev–Trinajstić information content (AvgIpc) is 2.74. The summed E-state index contributed by atoms with van der Waals surface area (Å²) in [6.07, 6.45) is 0. The van der Waals surface area contributed by atoms with Gasteiger partial charge >= 0.3 is 0 Å².